The lowest BCUT2D eigenvalue weighted by molar-refractivity contribution is -0.125. The second-order valence-corrected chi connectivity index (χ2v) is 6.95. The molecule has 1 atom stereocenters. The van der Waals surface area contributed by atoms with E-state index in [2.05, 4.69) is 16.1 Å². The van der Waals surface area contributed by atoms with Crippen molar-refractivity contribution in [3.05, 3.63) is 30.6 Å². The van der Waals surface area contributed by atoms with E-state index < -0.39 is 10.0 Å². The van der Waals surface area contributed by atoms with Crippen LogP contribution in [0.1, 0.15) is 19.3 Å². The van der Waals surface area contributed by atoms with Crippen molar-refractivity contribution >= 4 is 15.9 Å². The van der Waals surface area contributed by atoms with Crippen molar-refractivity contribution in [3.63, 3.8) is 0 Å². The second kappa shape index (κ2) is 6.91. The normalized spacial score (nSPS) is 18.6. The zero-order valence-corrected chi connectivity index (χ0v) is 12.9. The molecule has 1 aromatic heterocycles. The molecule has 1 aliphatic rings. The van der Waals surface area contributed by atoms with Gasteiger partial charge in [0.2, 0.25) is 15.9 Å². The molecular weight excluding hydrogens is 290 g/mol. The summed E-state index contributed by atoms with van der Waals surface area (Å²) in [5.41, 5.74) is 0. The molecule has 0 bridgehead atoms. The average molecular weight is 311 g/mol. The number of hydrogen-bond acceptors (Lipinski definition) is 3. The van der Waals surface area contributed by atoms with E-state index in [-0.39, 0.29) is 23.3 Å². The monoisotopic (exact) mass is 311 g/mol. The van der Waals surface area contributed by atoms with Gasteiger partial charge in [0.05, 0.1) is 4.90 Å². The van der Waals surface area contributed by atoms with E-state index in [1.54, 1.807) is 17.8 Å². The van der Waals surface area contributed by atoms with E-state index in [9.17, 15) is 13.2 Å². The van der Waals surface area contributed by atoms with E-state index in [0.29, 0.717) is 6.54 Å². The van der Waals surface area contributed by atoms with Crippen molar-refractivity contribution in [2.75, 3.05) is 13.1 Å². The molecule has 1 amide bonds. The van der Waals surface area contributed by atoms with Crippen molar-refractivity contribution in [1.82, 2.24) is 14.6 Å². The maximum atomic E-state index is 11.9. The van der Waals surface area contributed by atoms with Gasteiger partial charge < -0.3 is 9.88 Å². The largest absolute Gasteiger partial charge is 0.356 e. The van der Waals surface area contributed by atoms with Crippen molar-refractivity contribution < 1.29 is 13.2 Å². The average Bonchev–Trinajstić information content (AvgIpc) is 2.92. The van der Waals surface area contributed by atoms with E-state index >= 15 is 0 Å². The summed E-state index contributed by atoms with van der Waals surface area (Å²) in [5.74, 6) is 0.0130. The quantitative estimate of drug-likeness (QED) is 0.602. The molecule has 1 heterocycles. The van der Waals surface area contributed by atoms with Crippen LogP contribution in [0.3, 0.4) is 0 Å². The van der Waals surface area contributed by atoms with Crippen molar-refractivity contribution in [1.29, 1.82) is 0 Å². The van der Waals surface area contributed by atoms with Gasteiger partial charge in [0.15, 0.2) is 0 Å². The van der Waals surface area contributed by atoms with Gasteiger partial charge in [-0.25, -0.2) is 13.1 Å². The fraction of sp³-hybridized carbons (Fsp3) is 0.500. The van der Waals surface area contributed by atoms with Crippen LogP contribution in [0.5, 0.6) is 0 Å². The van der Waals surface area contributed by atoms with E-state index in [1.807, 2.05) is 6.08 Å². The van der Waals surface area contributed by atoms with Crippen molar-refractivity contribution in [2.45, 2.75) is 24.2 Å². The van der Waals surface area contributed by atoms with E-state index in [1.165, 1.54) is 12.3 Å². The first-order chi connectivity index (χ1) is 9.99. The highest BCUT2D eigenvalue weighted by atomic mass is 32.2. The summed E-state index contributed by atoms with van der Waals surface area (Å²) in [6.07, 6.45) is 9.87. The molecule has 1 aromatic rings. The summed E-state index contributed by atoms with van der Waals surface area (Å²) in [6, 6.07) is 1.54. The highest BCUT2D eigenvalue weighted by molar-refractivity contribution is 7.89. The molecular formula is C14H21N3O3S. The Labute approximate surface area is 125 Å². The van der Waals surface area contributed by atoms with Gasteiger partial charge in [0.25, 0.3) is 0 Å². The first-order valence-corrected chi connectivity index (χ1v) is 8.52. The van der Waals surface area contributed by atoms with Gasteiger partial charge >= 0.3 is 0 Å². The maximum Gasteiger partial charge on any atom is 0.242 e. The van der Waals surface area contributed by atoms with Crippen LogP contribution in [0.15, 0.2) is 35.5 Å². The first-order valence-electron chi connectivity index (χ1n) is 7.03. The third-order valence-corrected chi connectivity index (χ3v) is 4.92. The molecule has 0 aliphatic heterocycles. The molecule has 0 saturated heterocycles. The van der Waals surface area contributed by atoms with Gasteiger partial charge in [-0.3, -0.25) is 4.79 Å². The molecule has 0 spiro atoms. The lowest BCUT2D eigenvalue weighted by Crippen LogP contribution is -2.37. The standard InChI is InChI=1S/C14H21N3O3S/c1-17-10-7-13(11-17)21(19,20)16-9-8-15-14(18)12-5-3-2-4-6-12/h2-3,7,10-12,16H,4-6,8-9H2,1H3,(H,15,18)/t12-/m0/s1. The predicted molar refractivity (Wildman–Crippen MR) is 80.1 cm³/mol. The molecule has 0 fully saturated rings. The molecule has 6 nitrogen and oxygen atoms in total. The third-order valence-electron chi connectivity index (χ3n) is 3.47. The summed E-state index contributed by atoms with van der Waals surface area (Å²) in [6.45, 7) is 0.483. The predicted octanol–water partition coefficient (Wildman–Crippen LogP) is 0.776. The highest BCUT2D eigenvalue weighted by Gasteiger charge is 2.18. The Hall–Kier alpha value is -1.60. The lowest BCUT2D eigenvalue weighted by Gasteiger charge is -2.17. The summed E-state index contributed by atoms with van der Waals surface area (Å²) >= 11 is 0. The van der Waals surface area contributed by atoms with Crippen LogP contribution in [0.2, 0.25) is 0 Å². The Morgan fingerprint density at radius 3 is 2.81 bits per heavy atom. The van der Waals surface area contributed by atoms with Crippen LogP contribution in [0.25, 0.3) is 0 Å². The van der Waals surface area contributed by atoms with Crippen molar-refractivity contribution in [2.24, 2.45) is 13.0 Å². The van der Waals surface area contributed by atoms with Crippen LogP contribution in [0, 0.1) is 5.92 Å². The van der Waals surface area contributed by atoms with Gasteiger partial charge in [0.1, 0.15) is 0 Å². The summed E-state index contributed by atoms with van der Waals surface area (Å²) in [7, 11) is -1.73. The molecule has 1 aliphatic carbocycles. The number of aromatic nitrogens is 1. The van der Waals surface area contributed by atoms with Crippen LogP contribution in [-0.4, -0.2) is 32.0 Å². The van der Waals surface area contributed by atoms with Gasteiger partial charge in [-0.05, 0) is 25.3 Å². The number of allylic oxidation sites excluding steroid dienone is 2. The van der Waals surface area contributed by atoms with Gasteiger partial charge in [-0.2, -0.15) is 0 Å². The number of nitrogens with zero attached hydrogens (tertiary/aromatic N) is 1. The van der Waals surface area contributed by atoms with Gasteiger partial charge in [-0.15, -0.1) is 0 Å². The Bertz CT molecular complexity index is 619. The number of amides is 1. The zero-order chi connectivity index (χ0) is 15.3. The molecule has 2 N–H and O–H groups in total. The number of nitrogens with one attached hydrogen (secondary N) is 2. The minimum absolute atomic E-state index is 0.00161. The number of carbonyl (C=O) groups excluding carboxylic acids is 1. The third kappa shape index (κ3) is 4.44. The maximum absolute atomic E-state index is 11.9. The lowest BCUT2D eigenvalue weighted by atomic mass is 9.94. The summed E-state index contributed by atoms with van der Waals surface area (Å²) in [4.78, 5) is 12.1. The number of sulfonamides is 1. The van der Waals surface area contributed by atoms with Crippen LogP contribution < -0.4 is 10.0 Å². The molecule has 7 heteroatoms. The fourth-order valence-electron chi connectivity index (χ4n) is 2.27. The Kier molecular flexibility index (Phi) is 5.19. The molecule has 116 valence electrons. The summed E-state index contributed by atoms with van der Waals surface area (Å²) in [5, 5.41) is 2.78. The van der Waals surface area contributed by atoms with Crippen molar-refractivity contribution in [3.8, 4) is 0 Å². The Morgan fingerprint density at radius 2 is 2.19 bits per heavy atom. The van der Waals surface area contributed by atoms with Crippen LogP contribution >= 0.6 is 0 Å². The molecule has 0 saturated carbocycles. The Balaban J connectivity index is 1.74. The van der Waals surface area contributed by atoms with Gasteiger partial charge in [-0.1, -0.05) is 12.2 Å². The minimum Gasteiger partial charge on any atom is -0.356 e. The number of carbonyl (C=O) groups is 1. The fourth-order valence-corrected chi connectivity index (χ4v) is 3.35. The van der Waals surface area contributed by atoms with Crippen LogP contribution in [0.4, 0.5) is 0 Å². The highest BCUT2D eigenvalue weighted by Crippen LogP contribution is 2.17. The number of rotatable bonds is 6. The van der Waals surface area contributed by atoms with Gasteiger partial charge in [0, 0.05) is 38.4 Å². The molecule has 2 rings (SSSR count). The van der Waals surface area contributed by atoms with E-state index in [0.717, 1.165) is 19.3 Å². The van der Waals surface area contributed by atoms with Crippen LogP contribution in [-0.2, 0) is 21.9 Å². The molecule has 21 heavy (non-hydrogen) atoms. The number of aryl methyl sites for hydroxylation is 1. The molecule has 0 aromatic carbocycles. The van der Waals surface area contributed by atoms with E-state index in [4.69, 9.17) is 0 Å². The molecule has 0 unspecified atom stereocenters. The second-order valence-electron chi connectivity index (χ2n) is 5.18. The SMILES string of the molecule is Cn1ccc(S(=O)(=O)NCCNC(=O)[C@H]2CC=CCC2)c1. The smallest absolute Gasteiger partial charge is 0.242 e. The topological polar surface area (TPSA) is 80.2 Å². The zero-order valence-electron chi connectivity index (χ0n) is 12.1. The summed E-state index contributed by atoms with van der Waals surface area (Å²) < 4.78 is 28.0. The first kappa shape index (κ1) is 15.8. The number of hydrogen-bond donors (Lipinski definition) is 2. The Morgan fingerprint density at radius 1 is 1.38 bits per heavy atom. The minimum atomic E-state index is -3.50. The molecule has 0 radical (unpaired) electrons.